The van der Waals surface area contributed by atoms with Crippen molar-refractivity contribution in [1.29, 1.82) is 0 Å². The lowest BCUT2D eigenvalue weighted by Crippen LogP contribution is -2.52. The van der Waals surface area contributed by atoms with Gasteiger partial charge in [0.25, 0.3) is 0 Å². The molecule has 1 heterocycles. The third kappa shape index (κ3) is 4.31. The molecule has 4 heteroatoms. The van der Waals surface area contributed by atoms with E-state index in [1.807, 2.05) is 44.1 Å². The summed E-state index contributed by atoms with van der Waals surface area (Å²) in [5.74, 6) is 0.168. The first-order valence-electron chi connectivity index (χ1n) is 8.03. The van der Waals surface area contributed by atoms with Crippen LogP contribution in [0.5, 0.6) is 0 Å². The van der Waals surface area contributed by atoms with Gasteiger partial charge in [-0.1, -0.05) is 29.8 Å². The number of aliphatic hydroxyl groups excluding tert-OH is 1. The van der Waals surface area contributed by atoms with E-state index in [2.05, 4.69) is 11.0 Å². The van der Waals surface area contributed by atoms with Gasteiger partial charge in [0.15, 0.2) is 0 Å². The van der Waals surface area contributed by atoms with Crippen molar-refractivity contribution in [2.45, 2.75) is 26.2 Å². The highest BCUT2D eigenvalue weighted by Crippen LogP contribution is 2.30. The minimum atomic E-state index is -0.177. The number of piperidine rings is 1. The highest BCUT2D eigenvalue weighted by atomic mass is 16.3. The Hall–Kier alpha value is -1.39. The van der Waals surface area contributed by atoms with Crippen molar-refractivity contribution in [2.75, 3.05) is 40.3 Å². The van der Waals surface area contributed by atoms with Crippen molar-refractivity contribution in [1.82, 2.24) is 9.80 Å². The van der Waals surface area contributed by atoms with Crippen molar-refractivity contribution in [3.05, 3.63) is 35.4 Å². The van der Waals surface area contributed by atoms with E-state index in [0.29, 0.717) is 13.0 Å². The number of benzene rings is 1. The van der Waals surface area contributed by atoms with Crippen LogP contribution in [0.4, 0.5) is 0 Å². The SMILES string of the molecule is Cc1cccc(CC(=O)N2CCC[C@](CO)(CN(C)C)C2)c1. The van der Waals surface area contributed by atoms with Gasteiger partial charge < -0.3 is 14.9 Å². The summed E-state index contributed by atoms with van der Waals surface area (Å²) in [5.41, 5.74) is 2.07. The van der Waals surface area contributed by atoms with E-state index in [1.165, 1.54) is 5.56 Å². The zero-order valence-electron chi connectivity index (χ0n) is 14.0. The molecule has 0 unspecified atom stereocenters. The number of hydrogen-bond acceptors (Lipinski definition) is 3. The molecule has 1 N–H and O–H groups in total. The zero-order valence-corrected chi connectivity index (χ0v) is 14.0. The number of amides is 1. The molecular formula is C18H28N2O2. The molecule has 1 amide bonds. The predicted molar refractivity (Wildman–Crippen MR) is 88.8 cm³/mol. The number of aryl methyl sites for hydroxylation is 1. The van der Waals surface area contributed by atoms with Crippen LogP contribution in [0.3, 0.4) is 0 Å². The van der Waals surface area contributed by atoms with E-state index in [-0.39, 0.29) is 17.9 Å². The maximum atomic E-state index is 12.6. The minimum absolute atomic E-state index is 0.138. The highest BCUT2D eigenvalue weighted by Gasteiger charge is 2.37. The van der Waals surface area contributed by atoms with E-state index in [1.54, 1.807) is 0 Å². The molecule has 1 aromatic rings. The predicted octanol–water partition coefficient (Wildman–Crippen LogP) is 1.70. The maximum absolute atomic E-state index is 12.6. The molecule has 122 valence electrons. The fraction of sp³-hybridized carbons (Fsp3) is 0.611. The van der Waals surface area contributed by atoms with Crippen LogP contribution in [0.2, 0.25) is 0 Å². The van der Waals surface area contributed by atoms with Gasteiger partial charge in [-0.05, 0) is 39.4 Å². The third-order valence-corrected chi connectivity index (χ3v) is 4.44. The van der Waals surface area contributed by atoms with Crippen molar-refractivity contribution in [2.24, 2.45) is 5.41 Å². The largest absolute Gasteiger partial charge is 0.396 e. The van der Waals surface area contributed by atoms with Crippen LogP contribution in [-0.2, 0) is 11.2 Å². The second-order valence-corrected chi connectivity index (χ2v) is 6.98. The van der Waals surface area contributed by atoms with Gasteiger partial charge in [0.2, 0.25) is 5.91 Å². The van der Waals surface area contributed by atoms with Gasteiger partial charge in [0, 0.05) is 25.0 Å². The van der Waals surface area contributed by atoms with Crippen LogP contribution >= 0.6 is 0 Å². The van der Waals surface area contributed by atoms with Crippen LogP contribution in [0.25, 0.3) is 0 Å². The normalized spacial score (nSPS) is 22.1. The van der Waals surface area contributed by atoms with E-state index in [9.17, 15) is 9.90 Å². The molecule has 22 heavy (non-hydrogen) atoms. The molecule has 4 nitrogen and oxygen atoms in total. The second-order valence-electron chi connectivity index (χ2n) is 6.98. The number of carbonyl (C=O) groups is 1. The van der Waals surface area contributed by atoms with Gasteiger partial charge >= 0.3 is 0 Å². The Bertz CT molecular complexity index is 516. The topological polar surface area (TPSA) is 43.8 Å². The number of nitrogens with zero attached hydrogens (tertiary/aromatic N) is 2. The van der Waals surface area contributed by atoms with Crippen LogP contribution in [0, 0.1) is 12.3 Å². The first kappa shape index (κ1) is 17.0. The van der Waals surface area contributed by atoms with Gasteiger partial charge in [-0.25, -0.2) is 0 Å². The summed E-state index contributed by atoms with van der Waals surface area (Å²) in [6, 6.07) is 8.12. The molecule has 0 aromatic heterocycles. The molecule has 0 radical (unpaired) electrons. The molecule has 1 fully saturated rings. The Morgan fingerprint density at radius 1 is 1.41 bits per heavy atom. The monoisotopic (exact) mass is 304 g/mol. The van der Waals surface area contributed by atoms with Crippen LogP contribution < -0.4 is 0 Å². The fourth-order valence-electron chi connectivity index (χ4n) is 3.51. The Morgan fingerprint density at radius 3 is 2.82 bits per heavy atom. The number of carbonyl (C=O) groups excluding carboxylic acids is 1. The molecule has 1 aliphatic rings. The summed E-state index contributed by atoms with van der Waals surface area (Å²) in [7, 11) is 4.04. The lowest BCUT2D eigenvalue weighted by atomic mass is 9.80. The molecule has 1 saturated heterocycles. The standard InChI is InChI=1S/C18H28N2O2/c1-15-6-4-7-16(10-15)11-17(22)20-9-5-8-18(13-20,14-21)12-19(2)3/h4,6-7,10,21H,5,8-9,11-14H2,1-3H3/t18-/m0/s1. The summed E-state index contributed by atoms with van der Waals surface area (Å²) in [6.45, 7) is 4.46. The van der Waals surface area contributed by atoms with E-state index < -0.39 is 0 Å². The quantitative estimate of drug-likeness (QED) is 0.900. The Labute approximate surface area is 133 Å². The molecule has 0 bridgehead atoms. The van der Waals surface area contributed by atoms with Crippen LogP contribution in [0.15, 0.2) is 24.3 Å². The van der Waals surface area contributed by atoms with E-state index in [0.717, 1.165) is 31.5 Å². The molecule has 0 aliphatic carbocycles. The summed E-state index contributed by atoms with van der Waals surface area (Å²) in [4.78, 5) is 16.6. The Balaban J connectivity index is 2.03. The lowest BCUT2D eigenvalue weighted by Gasteiger charge is -2.43. The van der Waals surface area contributed by atoms with Crippen molar-refractivity contribution >= 4 is 5.91 Å². The molecule has 2 rings (SSSR count). The first-order valence-corrected chi connectivity index (χ1v) is 8.03. The van der Waals surface area contributed by atoms with Crippen LogP contribution in [0.1, 0.15) is 24.0 Å². The third-order valence-electron chi connectivity index (χ3n) is 4.44. The van der Waals surface area contributed by atoms with Crippen molar-refractivity contribution in [3.63, 3.8) is 0 Å². The van der Waals surface area contributed by atoms with Gasteiger partial charge in [-0.3, -0.25) is 4.79 Å². The molecule has 1 aliphatic heterocycles. The van der Waals surface area contributed by atoms with E-state index >= 15 is 0 Å². The number of likely N-dealkylation sites (tertiary alicyclic amines) is 1. The maximum Gasteiger partial charge on any atom is 0.227 e. The van der Waals surface area contributed by atoms with Gasteiger partial charge in [-0.15, -0.1) is 0 Å². The van der Waals surface area contributed by atoms with Gasteiger partial charge in [-0.2, -0.15) is 0 Å². The smallest absolute Gasteiger partial charge is 0.227 e. The Kier molecular flexibility index (Phi) is 5.59. The summed E-state index contributed by atoms with van der Waals surface area (Å²) in [5, 5.41) is 9.85. The number of hydrogen-bond donors (Lipinski definition) is 1. The Morgan fingerprint density at radius 2 is 2.18 bits per heavy atom. The average molecular weight is 304 g/mol. The second kappa shape index (κ2) is 7.25. The molecular weight excluding hydrogens is 276 g/mol. The van der Waals surface area contributed by atoms with Crippen LogP contribution in [-0.4, -0.2) is 61.2 Å². The molecule has 1 atom stereocenters. The molecule has 0 spiro atoms. The highest BCUT2D eigenvalue weighted by molar-refractivity contribution is 5.79. The van der Waals surface area contributed by atoms with Crippen molar-refractivity contribution < 1.29 is 9.90 Å². The average Bonchev–Trinajstić information content (AvgIpc) is 2.46. The molecule has 1 aromatic carbocycles. The lowest BCUT2D eigenvalue weighted by molar-refractivity contribution is -0.135. The fourth-order valence-corrected chi connectivity index (χ4v) is 3.51. The number of aliphatic hydroxyl groups is 1. The van der Waals surface area contributed by atoms with Gasteiger partial charge in [0.1, 0.15) is 0 Å². The molecule has 0 saturated carbocycles. The summed E-state index contributed by atoms with van der Waals surface area (Å²) >= 11 is 0. The zero-order chi connectivity index (χ0) is 16.2. The summed E-state index contributed by atoms with van der Waals surface area (Å²) in [6.07, 6.45) is 2.40. The summed E-state index contributed by atoms with van der Waals surface area (Å²) < 4.78 is 0. The number of rotatable bonds is 5. The minimum Gasteiger partial charge on any atom is -0.396 e. The van der Waals surface area contributed by atoms with Gasteiger partial charge in [0.05, 0.1) is 13.0 Å². The first-order chi connectivity index (χ1) is 10.4. The van der Waals surface area contributed by atoms with Crippen molar-refractivity contribution in [3.8, 4) is 0 Å². The van der Waals surface area contributed by atoms with E-state index in [4.69, 9.17) is 0 Å².